The zero-order valence-corrected chi connectivity index (χ0v) is 35.2. The van der Waals surface area contributed by atoms with E-state index in [0.717, 1.165) is 0 Å². The van der Waals surface area contributed by atoms with Gasteiger partial charge in [0.25, 0.3) is 0 Å². The van der Waals surface area contributed by atoms with E-state index in [-0.39, 0.29) is 68.4 Å². The van der Waals surface area contributed by atoms with Crippen molar-refractivity contribution in [2.45, 2.75) is 162 Å². The van der Waals surface area contributed by atoms with Crippen molar-refractivity contribution in [3.63, 3.8) is 0 Å². The molecule has 0 aliphatic carbocycles. The number of carbonyl (C=O) groups is 2. The third-order valence-corrected chi connectivity index (χ3v) is 12.2. The maximum atomic E-state index is 13.0. The first kappa shape index (κ1) is 49.5. The minimum absolute atomic E-state index is 0.00115. The first-order valence-electron chi connectivity index (χ1n) is 20.3. The van der Waals surface area contributed by atoms with Gasteiger partial charge in [0.2, 0.25) is 0 Å². The van der Waals surface area contributed by atoms with Gasteiger partial charge in [-0.1, -0.05) is 79.2 Å². The van der Waals surface area contributed by atoms with Crippen molar-refractivity contribution in [1.82, 2.24) is 0 Å². The minimum Gasteiger partial charge on any atom is -0.396 e. The first-order chi connectivity index (χ1) is 25.7. The van der Waals surface area contributed by atoms with E-state index in [1.165, 1.54) is 6.42 Å². The molecule has 13 nitrogen and oxygen atoms in total. The van der Waals surface area contributed by atoms with Gasteiger partial charge in [0.05, 0.1) is 80.3 Å². The van der Waals surface area contributed by atoms with Crippen LogP contribution in [0, 0.1) is 41.4 Å². The lowest BCUT2D eigenvalue weighted by molar-refractivity contribution is -0.259. The molecule has 16 atom stereocenters. The Morgan fingerprint density at radius 1 is 0.709 bits per heavy atom. The van der Waals surface area contributed by atoms with Crippen molar-refractivity contribution in [2.75, 3.05) is 26.4 Å². The van der Waals surface area contributed by atoms with Crippen LogP contribution in [0.15, 0.2) is 24.3 Å². The highest BCUT2D eigenvalue weighted by atomic mass is 16.6. The molecule has 0 spiro atoms. The molecule has 0 bridgehead atoms. The largest absolute Gasteiger partial charge is 0.396 e. The van der Waals surface area contributed by atoms with E-state index in [1.807, 2.05) is 52.8 Å². The lowest BCUT2D eigenvalue weighted by atomic mass is 9.73. The number of ether oxygens (including phenoxy) is 4. The molecule has 4 aliphatic rings. The molecule has 0 saturated carbocycles. The van der Waals surface area contributed by atoms with Crippen LogP contribution in [0.2, 0.25) is 0 Å². The zero-order chi connectivity index (χ0) is 42.1. The summed E-state index contributed by atoms with van der Waals surface area (Å²) >= 11 is 0. The Morgan fingerprint density at radius 3 is 1.42 bits per heavy atom. The van der Waals surface area contributed by atoms with Gasteiger partial charge in [-0.25, -0.2) is 0 Å². The van der Waals surface area contributed by atoms with Gasteiger partial charge in [-0.3, -0.25) is 9.59 Å². The Kier molecular flexibility index (Phi) is 18.8. The minimum atomic E-state index is -1.44. The van der Waals surface area contributed by atoms with Gasteiger partial charge >= 0.3 is 0 Å². The number of carbonyl (C=O) groups excluding carboxylic acids is 2. The second-order valence-corrected chi connectivity index (χ2v) is 16.5. The number of allylic oxidation sites excluding steroid dienone is 2. The molecule has 4 saturated heterocycles. The molecular formula is C42H74O13. The van der Waals surface area contributed by atoms with Crippen LogP contribution in [0.4, 0.5) is 0 Å². The topological polar surface area (TPSA) is 219 Å². The molecule has 0 aromatic rings. The first-order valence-corrected chi connectivity index (χ1v) is 20.3. The molecule has 4 aliphatic heterocycles. The summed E-state index contributed by atoms with van der Waals surface area (Å²) in [4.78, 5) is 25.9. The Hall–Kier alpha value is -1.62. The monoisotopic (exact) mass is 787 g/mol. The Labute approximate surface area is 329 Å². The fraction of sp³-hybridized carbons (Fsp3) is 0.857. The van der Waals surface area contributed by atoms with Crippen LogP contribution in [-0.4, -0.2) is 127 Å². The van der Waals surface area contributed by atoms with Gasteiger partial charge in [0, 0.05) is 30.6 Å². The van der Waals surface area contributed by atoms with Crippen molar-refractivity contribution in [3.05, 3.63) is 24.3 Å². The molecule has 0 aromatic heterocycles. The Bertz CT molecular complexity index is 1180. The second kappa shape index (κ2) is 20.9. The van der Waals surface area contributed by atoms with Crippen LogP contribution in [0.25, 0.3) is 0 Å². The molecule has 4 fully saturated rings. The number of hydrogen-bond acceptors (Lipinski definition) is 13. The summed E-state index contributed by atoms with van der Waals surface area (Å²) in [6.07, 6.45) is 6.24. The molecule has 0 radical (unpaired) electrons. The van der Waals surface area contributed by atoms with E-state index in [1.54, 1.807) is 20.8 Å². The smallest absolute Gasteiger partial charge is 0.167 e. The highest BCUT2D eigenvalue weighted by molar-refractivity contribution is 5.85. The summed E-state index contributed by atoms with van der Waals surface area (Å²) in [6, 6.07) is 0. The lowest BCUT2D eigenvalue weighted by Crippen LogP contribution is -2.53. The van der Waals surface area contributed by atoms with Gasteiger partial charge < -0.3 is 54.7 Å². The van der Waals surface area contributed by atoms with E-state index in [4.69, 9.17) is 18.9 Å². The van der Waals surface area contributed by atoms with Crippen LogP contribution < -0.4 is 0 Å². The van der Waals surface area contributed by atoms with Crippen molar-refractivity contribution in [3.8, 4) is 0 Å². The number of aliphatic hydroxyl groups excluding tert-OH is 5. The van der Waals surface area contributed by atoms with E-state index in [0.29, 0.717) is 12.8 Å². The maximum Gasteiger partial charge on any atom is 0.167 e. The van der Waals surface area contributed by atoms with E-state index in [2.05, 4.69) is 26.8 Å². The predicted octanol–water partition coefficient (Wildman–Crippen LogP) is 3.47. The molecule has 0 amide bonds. The summed E-state index contributed by atoms with van der Waals surface area (Å²) in [5.41, 5.74) is -1.40. The Balaban J connectivity index is 0.000000355. The SMILES string of the molecule is C/C=C\[C@H](C)[C@H]1OC1(C)[C@@H](C)[C@@H](CO)C(=O)[C@@H]1CO[C@](O)(CC)CC1O.C/C=C\[C@H](C)[C@H]1OC1(C)[C@@H](O)[C@@H](CO)C(=O)[C@@H]1CO[C@](O)(CC)CC1O.CCC. The number of ketones is 2. The highest BCUT2D eigenvalue weighted by Crippen LogP contribution is 2.50. The van der Waals surface area contributed by atoms with Gasteiger partial charge in [-0.15, -0.1) is 0 Å². The van der Waals surface area contributed by atoms with Crippen molar-refractivity contribution >= 4 is 11.6 Å². The van der Waals surface area contributed by atoms with E-state index >= 15 is 0 Å². The van der Waals surface area contributed by atoms with Crippen molar-refractivity contribution in [2.24, 2.45) is 41.4 Å². The van der Waals surface area contributed by atoms with E-state index in [9.17, 15) is 45.3 Å². The third kappa shape index (κ3) is 11.7. The quantitative estimate of drug-likeness (QED) is 0.0882. The predicted molar refractivity (Wildman–Crippen MR) is 207 cm³/mol. The molecule has 320 valence electrons. The summed E-state index contributed by atoms with van der Waals surface area (Å²) in [5, 5.41) is 71.3. The lowest BCUT2D eigenvalue weighted by Gasteiger charge is -2.40. The molecule has 4 unspecified atom stereocenters. The molecule has 4 heterocycles. The molecular weight excluding hydrogens is 712 g/mol. The second-order valence-electron chi connectivity index (χ2n) is 16.5. The molecule has 0 aromatic carbocycles. The van der Waals surface area contributed by atoms with Crippen molar-refractivity contribution in [1.29, 1.82) is 0 Å². The maximum absolute atomic E-state index is 13.0. The summed E-state index contributed by atoms with van der Waals surface area (Å²) in [7, 11) is 0. The average molecular weight is 787 g/mol. The molecule has 55 heavy (non-hydrogen) atoms. The van der Waals surface area contributed by atoms with Crippen LogP contribution in [0.5, 0.6) is 0 Å². The van der Waals surface area contributed by atoms with Crippen molar-refractivity contribution < 1.29 is 64.3 Å². The van der Waals surface area contributed by atoms with E-state index < -0.39 is 77.1 Å². The number of Topliss-reactive ketones (excluding diaryl/α,β-unsaturated/α-hetero) is 2. The number of aliphatic hydroxyl groups is 7. The molecule has 7 N–H and O–H groups in total. The fourth-order valence-electron chi connectivity index (χ4n) is 8.14. The standard InChI is InChI=1S/C20H34O6.C19H32O7.C3H8/c1-6-8-12(3)18-19(5,26-18)13(4)14(10-21)17(23)15-11-25-20(24,7-2)9-16(15)22;1-5-7-11(3)17-18(4,26-17)16(23)12(9-20)15(22)13-10-25-19(24,6-2)8-14(13)21;1-3-2/h6,8,12-16,18,21-22,24H,7,9-11H2,1-5H3;5,7,11-14,16-17,20-21,23-24H,6,8-10H2,1-4H3;3H2,1-2H3/b8-6-;7-5-;/t12-,13-,14+,15+,16?,18+,19?,20+;11-,12-,13+,14?,16-,17+,18?,19+;/m00./s1. The van der Waals surface area contributed by atoms with Crippen LogP contribution in [0.3, 0.4) is 0 Å². The number of rotatable bonds is 16. The Morgan fingerprint density at radius 2 is 1.07 bits per heavy atom. The van der Waals surface area contributed by atoms with Crippen LogP contribution in [0.1, 0.15) is 108 Å². The highest BCUT2D eigenvalue weighted by Gasteiger charge is 2.63. The molecule has 4 rings (SSSR count). The fourth-order valence-corrected chi connectivity index (χ4v) is 8.14. The van der Waals surface area contributed by atoms with Crippen LogP contribution in [-0.2, 0) is 28.5 Å². The number of hydrogen-bond donors (Lipinski definition) is 7. The van der Waals surface area contributed by atoms with Gasteiger partial charge in [0.15, 0.2) is 11.6 Å². The number of epoxide rings is 2. The average Bonchev–Trinajstić information content (AvgIpc) is 4.04. The molecule has 13 heteroatoms. The van der Waals surface area contributed by atoms with Gasteiger partial charge in [-0.05, 0) is 46.5 Å². The van der Waals surface area contributed by atoms with Crippen LogP contribution >= 0.6 is 0 Å². The summed E-state index contributed by atoms with van der Waals surface area (Å²) in [5.74, 6) is -6.79. The van der Waals surface area contributed by atoms with Gasteiger partial charge in [0.1, 0.15) is 17.2 Å². The summed E-state index contributed by atoms with van der Waals surface area (Å²) in [6.45, 7) is 20.2. The zero-order valence-electron chi connectivity index (χ0n) is 35.2. The normalized spacial score (nSPS) is 39.1. The summed E-state index contributed by atoms with van der Waals surface area (Å²) < 4.78 is 22.4. The third-order valence-electron chi connectivity index (χ3n) is 12.2. The van der Waals surface area contributed by atoms with Gasteiger partial charge in [-0.2, -0.15) is 0 Å².